The summed E-state index contributed by atoms with van der Waals surface area (Å²) in [5, 5.41) is 13.3. The topological polar surface area (TPSA) is 94.5 Å². The van der Waals surface area contributed by atoms with E-state index in [1.165, 1.54) is 0 Å². The van der Waals surface area contributed by atoms with Crippen molar-refractivity contribution in [3.05, 3.63) is 70.9 Å². The van der Waals surface area contributed by atoms with E-state index in [1.54, 1.807) is 26.7 Å². The molecule has 0 unspecified atom stereocenters. The number of nitrogens with one attached hydrogen (secondary N) is 3. The van der Waals surface area contributed by atoms with Crippen LogP contribution in [0.2, 0.25) is 0 Å². The molecule has 3 aromatic rings. The number of benzene rings is 2. The van der Waals surface area contributed by atoms with Gasteiger partial charge in [-0.1, -0.05) is 30.4 Å². The Hall–Kier alpha value is -3.92. The van der Waals surface area contributed by atoms with Crippen LogP contribution in [0.5, 0.6) is 0 Å². The van der Waals surface area contributed by atoms with Crippen molar-refractivity contribution in [3.8, 4) is 0 Å². The zero-order chi connectivity index (χ0) is 25.1. The van der Waals surface area contributed by atoms with Gasteiger partial charge in [-0.3, -0.25) is 9.48 Å². The lowest BCUT2D eigenvalue weighted by atomic mass is 10.0. The number of nitrogens with zero attached hydrogens (tertiary/aromatic N) is 4. The van der Waals surface area contributed by atoms with E-state index >= 15 is 0 Å². The van der Waals surface area contributed by atoms with Crippen molar-refractivity contribution in [2.75, 3.05) is 30.9 Å². The minimum absolute atomic E-state index is 0.103. The first-order valence-electron chi connectivity index (χ1n) is 11.2. The van der Waals surface area contributed by atoms with Crippen molar-refractivity contribution < 1.29 is 9.59 Å². The monoisotopic (exact) mass is 491 g/mol. The molecule has 0 spiro atoms. The predicted octanol–water partition coefficient (Wildman–Crippen LogP) is 3.32. The molecule has 0 saturated carbocycles. The van der Waals surface area contributed by atoms with Gasteiger partial charge in [0.15, 0.2) is 0 Å². The standard InChI is InChI=1S/C25H29N7O2S/c1-16-11-17(9-10-18(16)12-26-25(34)27-14-22(35)30(2)3)24(33)32-15-19-13-28-31(4)23(19)29-20-7-5-6-8-21(20)32/h5-11,13,29H,12,14-15H2,1-4H3,(H2,26,27,34). The van der Waals surface area contributed by atoms with Gasteiger partial charge in [0.25, 0.3) is 5.91 Å². The van der Waals surface area contributed by atoms with E-state index in [-0.39, 0.29) is 11.9 Å². The number of para-hydroxylation sites is 2. The Bertz CT molecular complexity index is 1280. The first kappa shape index (κ1) is 24.2. The van der Waals surface area contributed by atoms with Gasteiger partial charge < -0.3 is 25.8 Å². The highest BCUT2D eigenvalue weighted by atomic mass is 32.1. The van der Waals surface area contributed by atoms with Gasteiger partial charge in [-0.25, -0.2) is 4.79 Å². The van der Waals surface area contributed by atoms with Crippen LogP contribution in [-0.2, 0) is 20.1 Å². The van der Waals surface area contributed by atoms with E-state index < -0.39 is 0 Å². The zero-order valence-electron chi connectivity index (χ0n) is 20.3. The number of hydrogen-bond donors (Lipinski definition) is 3. The quantitative estimate of drug-likeness (QED) is 0.474. The average Bonchev–Trinajstić information content (AvgIpc) is 3.09. The van der Waals surface area contributed by atoms with E-state index in [1.807, 2.05) is 64.5 Å². The Kier molecular flexibility index (Phi) is 7.02. The summed E-state index contributed by atoms with van der Waals surface area (Å²) in [7, 11) is 5.55. The Morgan fingerprint density at radius 1 is 1.17 bits per heavy atom. The summed E-state index contributed by atoms with van der Waals surface area (Å²) in [4.78, 5) is 29.9. The normalized spacial score (nSPS) is 12.1. The Balaban J connectivity index is 1.49. The number of carbonyl (C=O) groups is 2. The fraction of sp³-hybridized carbons (Fsp3) is 0.280. The average molecular weight is 492 g/mol. The largest absolute Gasteiger partial charge is 0.371 e. The van der Waals surface area contributed by atoms with Crippen molar-refractivity contribution >= 4 is 46.3 Å². The van der Waals surface area contributed by atoms with Crippen molar-refractivity contribution in [2.45, 2.75) is 20.0 Å². The van der Waals surface area contributed by atoms with Gasteiger partial charge >= 0.3 is 6.03 Å². The van der Waals surface area contributed by atoms with Gasteiger partial charge in [0.05, 0.1) is 35.6 Å². The lowest BCUT2D eigenvalue weighted by molar-refractivity contribution is 0.0985. The van der Waals surface area contributed by atoms with Crippen molar-refractivity contribution in [3.63, 3.8) is 0 Å². The molecule has 1 aromatic heterocycles. The molecule has 0 bridgehead atoms. The first-order chi connectivity index (χ1) is 16.7. The van der Waals surface area contributed by atoms with Crippen LogP contribution in [-0.4, -0.2) is 52.2 Å². The van der Waals surface area contributed by atoms with Crippen LogP contribution in [0, 0.1) is 6.92 Å². The number of amides is 3. The zero-order valence-corrected chi connectivity index (χ0v) is 21.1. The molecule has 10 heteroatoms. The van der Waals surface area contributed by atoms with E-state index in [9.17, 15) is 9.59 Å². The summed E-state index contributed by atoms with van der Waals surface area (Å²) in [5.41, 5.74) is 5.02. The number of thiocarbonyl (C=S) groups is 1. The summed E-state index contributed by atoms with van der Waals surface area (Å²) < 4.78 is 1.77. The highest BCUT2D eigenvalue weighted by Gasteiger charge is 2.26. The number of likely N-dealkylation sites (N-methyl/N-ethyl adjacent to an activating group) is 1. The molecule has 35 heavy (non-hydrogen) atoms. The first-order valence-corrected chi connectivity index (χ1v) is 11.7. The van der Waals surface area contributed by atoms with Gasteiger partial charge in [-0.15, -0.1) is 0 Å². The Labute approximate surface area is 210 Å². The fourth-order valence-electron chi connectivity index (χ4n) is 3.87. The van der Waals surface area contributed by atoms with E-state index in [2.05, 4.69) is 21.0 Å². The number of aryl methyl sites for hydroxylation is 2. The van der Waals surface area contributed by atoms with Crippen LogP contribution in [0.15, 0.2) is 48.7 Å². The number of aromatic nitrogens is 2. The molecule has 3 amide bonds. The fourth-order valence-corrected chi connectivity index (χ4v) is 3.95. The second-order valence-corrected chi connectivity index (χ2v) is 9.11. The molecule has 0 fully saturated rings. The second-order valence-electron chi connectivity index (χ2n) is 8.64. The number of carbonyl (C=O) groups excluding carboxylic acids is 2. The third-order valence-electron chi connectivity index (χ3n) is 5.96. The minimum atomic E-state index is -0.297. The second kappa shape index (κ2) is 10.1. The summed E-state index contributed by atoms with van der Waals surface area (Å²) >= 11 is 5.18. The third-order valence-corrected chi connectivity index (χ3v) is 6.47. The van der Waals surface area contributed by atoms with Crippen LogP contribution >= 0.6 is 12.2 Å². The van der Waals surface area contributed by atoms with Gasteiger partial charge in [0.2, 0.25) is 0 Å². The highest BCUT2D eigenvalue weighted by molar-refractivity contribution is 7.80. The number of rotatable bonds is 5. The molecule has 182 valence electrons. The Morgan fingerprint density at radius 2 is 1.94 bits per heavy atom. The van der Waals surface area contributed by atoms with Crippen LogP contribution in [0.1, 0.15) is 27.0 Å². The van der Waals surface area contributed by atoms with Crippen LogP contribution in [0.4, 0.5) is 22.0 Å². The molecule has 9 nitrogen and oxygen atoms in total. The number of anilines is 3. The maximum absolute atomic E-state index is 13.6. The van der Waals surface area contributed by atoms with Crippen molar-refractivity contribution in [2.24, 2.45) is 7.05 Å². The van der Waals surface area contributed by atoms with Crippen LogP contribution in [0.3, 0.4) is 0 Å². The number of urea groups is 1. The minimum Gasteiger partial charge on any atom is -0.371 e. The maximum atomic E-state index is 13.6. The van der Waals surface area contributed by atoms with Gasteiger partial charge in [0.1, 0.15) is 5.82 Å². The van der Waals surface area contributed by atoms with Crippen molar-refractivity contribution in [1.82, 2.24) is 25.3 Å². The van der Waals surface area contributed by atoms with E-state index in [0.717, 1.165) is 33.9 Å². The van der Waals surface area contributed by atoms with Crippen LogP contribution in [0.25, 0.3) is 0 Å². The molecule has 0 atom stereocenters. The molecular weight excluding hydrogens is 462 g/mol. The lowest BCUT2D eigenvalue weighted by Crippen LogP contribution is -2.40. The summed E-state index contributed by atoms with van der Waals surface area (Å²) in [6.07, 6.45) is 1.78. The molecular formula is C25H29N7O2S. The summed E-state index contributed by atoms with van der Waals surface area (Å²) in [6, 6.07) is 13.0. The molecule has 1 aliphatic heterocycles. The SMILES string of the molecule is Cc1cc(C(=O)N2Cc3cnn(C)c3Nc3ccccc32)ccc1CNC(=O)NCC(=S)N(C)C. The van der Waals surface area contributed by atoms with E-state index in [0.29, 0.717) is 30.2 Å². The molecule has 2 heterocycles. The van der Waals surface area contributed by atoms with Crippen molar-refractivity contribution in [1.29, 1.82) is 0 Å². The van der Waals surface area contributed by atoms with Crippen LogP contribution < -0.4 is 20.9 Å². The van der Waals surface area contributed by atoms with Gasteiger partial charge in [0, 0.05) is 38.8 Å². The smallest absolute Gasteiger partial charge is 0.315 e. The number of fused-ring (bicyclic) bond motifs is 2. The number of hydrogen-bond acceptors (Lipinski definition) is 5. The third kappa shape index (κ3) is 5.27. The Morgan fingerprint density at radius 3 is 2.69 bits per heavy atom. The van der Waals surface area contributed by atoms with E-state index in [4.69, 9.17) is 12.2 Å². The lowest BCUT2D eigenvalue weighted by Gasteiger charge is -2.23. The summed E-state index contributed by atoms with van der Waals surface area (Å²) in [5.74, 6) is 0.767. The summed E-state index contributed by atoms with van der Waals surface area (Å²) in [6.45, 7) is 2.98. The molecule has 0 radical (unpaired) electrons. The predicted molar refractivity (Wildman–Crippen MR) is 141 cm³/mol. The highest BCUT2D eigenvalue weighted by Crippen LogP contribution is 2.36. The molecule has 0 aliphatic carbocycles. The molecule has 0 saturated heterocycles. The van der Waals surface area contributed by atoms with Gasteiger partial charge in [-0.05, 0) is 42.3 Å². The molecule has 4 rings (SSSR count). The molecule has 2 aromatic carbocycles. The maximum Gasteiger partial charge on any atom is 0.315 e. The van der Waals surface area contributed by atoms with Gasteiger partial charge in [-0.2, -0.15) is 5.10 Å². The molecule has 1 aliphatic rings. The molecule has 3 N–H and O–H groups in total.